The first-order chi connectivity index (χ1) is 12.2. The fourth-order valence-electron chi connectivity index (χ4n) is 3.09. The number of hydrogen-bond donors (Lipinski definition) is 2. The fourth-order valence-corrected chi connectivity index (χ4v) is 3.63. The smallest absolute Gasteiger partial charge is 0.274 e. The Morgan fingerprint density at radius 3 is 2.92 bits per heavy atom. The summed E-state index contributed by atoms with van der Waals surface area (Å²) in [5.41, 5.74) is 2.40. The molecule has 138 valence electrons. The number of amides is 1. The molecule has 1 aromatic carbocycles. The second kappa shape index (κ2) is 7.64. The zero-order chi connectivity index (χ0) is 18.9. The van der Waals surface area contributed by atoms with Gasteiger partial charge in [-0.2, -0.15) is 0 Å². The summed E-state index contributed by atoms with van der Waals surface area (Å²) in [5, 5.41) is 13.3. The van der Waals surface area contributed by atoms with Crippen molar-refractivity contribution in [2.45, 2.75) is 32.4 Å². The van der Waals surface area contributed by atoms with E-state index in [2.05, 4.69) is 31.1 Å². The minimum atomic E-state index is -0.728. The molecule has 26 heavy (non-hydrogen) atoms. The van der Waals surface area contributed by atoms with Crippen LogP contribution in [0, 0.1) is 0 Å². The third-order valence-electron chi connectivity index (χ3n) is 4.22. The van der Waals surface area contributed by atoms with E-state index in [1.165, 1.54) is 0 Å². The predicted molar refractivity (Wildman–Crippen MR) is 107 cm³/mol. The first kappa shape index (κ1) is 19.3. The van der Waals surface area contributed by atoms with Crippen molar-refractivity contribution < 1.29 is 9.90 Å². The molecule has 1 aliphatic heterocycles. The highest BCUT2D eigenvalue weighted by Gasteiger charge is 2.23. The summed E-state index contributed by atoms with van der Waals surface area (Å²) in [6.07, 6.45) is 2.58. The Morgan fingerprint density at radius 2 is 2.19 bits per heavy atom. The largest absolute Gasteiger partial charge is 0.389 e. The summed E-state index contributed by atoms with van der Waals surface area (Å²) >= 11 is 9.55. The van der Waals surface area contributed by atoms with Gasteiger partial charge in [0.15, 0.2) is 0 Å². The number of nitrogens with zero attached hydrogens (tertiary/aromatic N) is 2. The highest BCUT2D eigenvalue weighted by Crippen LogP contribution is 2.30. The Hall–Kier alpha value is -1.47. The molecule has 2 N–H and O–H groups in total. The number of nitrogens with one attached hydrogen (secondary N) is 1. The molecule has 0 saturated carbocycles. The van der Waals surface area contributed by atoms with Gasteiger partial charge in [-0.3, -0.25) is 14.7 Å². The predicted octanol–water partition coefficient (Wildman–Crippen LogP) is 3.88. The first-order valence-corrected chi connectivity index (χ1v) is 9.58. The van der Waals surface area contributed by atoms with Gasteiger partial charge in [0.05, 0.1) is 16.3 Å². The normalized spacial score (nSPS) is 14.8. The summed E-state index contributed by atoms with van der Waals surface area (Å²) in [4.78, 5) is 19.0. The zero-order valence-electron chi connectivity index (χ0n) is 14.7. The van der Waals surface area contributed by atoms with Crippen molar-refractivity contribution in [2.24, 2.45) is 0 Å². The van der Waals surface area contributed by atoms with Crippen LogP contribution in [0.3, 0.4) is 0 Å². The third-order valence-corrected chi connectivity index (χ3v) is 5.51. The van der Waals surface area contributed by atoms with Crippen LogP contribution in [0.5, 0.6) is 0 Å². The Labute approximate surface area is 166 Å². The molecule has 7 heteroatoms. The minimum absolute atomic E-state index is 0.285. The number of pyridine rings is 1. The first-order valence-electron chi connectivity index (χ1n) is 8.41. The van der Waals surface area contributed by atoms with Crippen LogP contribution >= 0.6 is 27.5 Å². The topological polar surface area (TPSA) is 65.5 Å². The molecule has 2 aromatic rings. The van der Waals surface area contributed by atoms with Crippen molar-refractivity contribution in [3.8, 4) is 0 Å². The van der Waals surface area contributed by atoms with E-state index in [1.807, 2.05) is 18.2 Å². The van der Waals surface area contributed by atoms with Crippen molar-refractivity contribution in [1.82, 2.24) is 9.88 Å². The fraction of sp³-hybridized carbons (Fsp3) is 0.368. The Bertz CT molecular complexity index is 836. The lowest BCUT2D eigenvalue weighted by atomic mass is 9.99. The van der Waals surface area contributed by atoms with E-state index in [-0.39, 0.29) is 5.91 Å². The second-order valence-corrected chi connectivity index (χ2v) is 8.40. The number of aliphatic hydroxyl groups is 1. The summed E-state index contributed by atoms with van der Waals surface area (Å²) in [7, 11) is 0. The average Bonchev–Trinajstić information content (AvgIpc) is 2.57. The van der Waals surface area contributed by atoms with Gasteiger partial charge in [-0.05, 0) is 65.5 Å². The summed E-state index contributed by atoms with van der Waals surface area (Å²) < 4.78 is 0.724. The number of benzene rings is 1. The van der Waals surface area contributed by atoms with E-state index >= 15 is 0 Å². The minimum Gasteiger partial charge on any atom is -0.389 e. The number of carbonyl (C=O) groups excluding carboxylic acids is 1. The lowest BCUT2D eigenvalue weighted by Crippen LogP contribution is -2.41. The van der Waals surface area contributed by atoms with E-state index in [0.717, 1.165) is 35.1 Å². The van der Waals surface area contributed by atoms with E-state index < -0.39 is 5.60 Å². The maximum Gasteiger partial charge on any atom is 0.274 e. The highest BCUT2D eigenvalue weighted by molar-refractivity contribution is 9.10. The SMILES string of the molecule is CC(C)(O)CN1CCc2cc(C(=O)Nc3cccc(Br)c3Cl)ncc2C1. The molecular formula is C19H21BrClN3O2. The molecular weight excluding hydrogens is 418 g/mol. The van der Waals surface area contributed by atoms with Gasteiger partial charge in [0.2, 0.25) is 0 Å². The van der Waals surface area contributed by atoms with Gasteiger partial charge < -0.3 is 10.4 Å². The number of β-amino-alcohol motifs (C(OH)–C–C–N with tert-alkyl or cyclic N) is 1. The second-order valence-electron chi connectivity index (χ2n) is 7.17. The Morgan fingerprint density at radius 1 is 1.42 bits per heavy atom. The quantitative estimate of drug-likeness (QED) is 0.760. The average molecular weight is 439 g/mol. The Balaban J connectivity index is 1.73. The summed E-state index contributed by atoms with van der Waals surface area (Å²) in [6.45, 7) is 5.80. The van der Waals surface area contributed by atoms with Gasteiger partial charge in [-0.1, -0.05) is 17.7 Å². The molecule has 0 unspecified atom stereocenters. The molecule has 0 radical (unpaired) electrons. The molecule has 0 bridgehead atoms. The summed E-state index contributed by atoms with van der Waals surface area (Å²) in [6, 6.07) is 7.22. The molecule has 0 aliphatic carbocycles. The molecule has 5 nitrogen and oxygen atoms in total. The van der Waals surface area contributed by atoms with E-state index in [0.29, 0.717) is 22.9 Å². The van der Waals surface area contributed by atoms with Gasteiger partial charge in [0.1, 0.15) is 5.69 Å². The van der Waals surface area contributed by atoms with E-state index in [4.69, 9.17) is 11.6 Å². The number of anilines is 1. The third kappa shape index (κ3) is 4.62. The van der Waals surface area contributed by atoms with Crippen molar-refractivity contribution >= 4 is 39.1 Å². The molecule has 1 amide bonds. The van der Waals surface area contributed by atoms with Crippen molar-refractivity contribution in [1.29, 1.82) is 0 Å². The van der Waals surface area contributed by atoms with Crippen LogP contribution in [0.1, 0.15) is 35.5 Å². The number of halogens is 2. The lowest BCUT2D eigenvalue weighted by molar-refractivity contribution is 0.0317. The molecule has 1 aromatic heterocycles. The summed E-state index contributed by atoms with van der Waals surface area (Å²) in [5.74, 6) is -0.285. The number of fused-ring (bicyclic) bond motifs is 1. The zero-order valence-corrected chi connectivity index (χ0v) is 17.1. The van der Waals surface area contributed by atoms with Gasteiger partial charge >= 0.3 is 0 Å². The van der Waals surface area contributed by atoms with Gasteiger partial charge in [-0.15, -0.1) is 0 Å². The number of hydrogen-bond acceptors (Lipinski definition) is 4. The van der Waals surface area contributed by atoms with Crippen LogP contribution in [0.4, 0.5) is 5.69 Å². The van der Waals surface area contributed by atoms with Crippen LogP contribution in [0.15, 0.2) is 34.9 Å². The standard InChI is InChI=1S/C19H21BrClN3O2/c1-19(2,26)11-24-7-6-12-8-16(22-9-13(12)10-24)18(25)23-15-5-3-4-14(20)17(15)21/h3-5,8-9,26H,6-7,10-11H2,1-2H3,(H,23,25). The van der Waals surface area contributed by atoms with Gasteiger partial charge in [0.25, 0.3) is 5.91 Å². The highest BCUT2D eigenvalue weighted by atomic mass is 79.9. The molecule has 0 fully saturated rings. The van der Waals surface area contributed by atoms with Crippen molar-refractivity contribution in [3.05, 3.63) is 56.8 Å². The Kier molecular flexibility index (Phi) is 5.67. The van der Waals surface area contributed by atoms with Crippen LogP contribution < -0.4 is 5.32 Å². The molecule has 0 saturated heterocycles. The van der Waals surface area contributed by atoms with Crippen molar-refractivity contribution in [3.63, 3.8) is 0 Å². The maximum atomic E-state index is 12.5. The molecule has 1 aliphatic rings. The molecule has 0 spiro atoms. The number of carbonyl (C=O) groups is 1. The monoisotopic (exact) mass is 437 g/mol. The molecule has 2 heterocycles. The number of aromatic nitrogens is 1. The van der Waals surface area contributed by atoms with E-state index in [1.54, 1.807) is 26.1 Å². The van der Waals surface area contributed by atoms with Gasteiger partial charge in [0, 0.05) is 30.3 Å². The molecule has 3 rings (SSSR count). The number of rotatable bonds is 4. The molecule has 0 atom stereocenters. The van der Waals surface area contributed by atoms with Crippen LogP contribution in [-0.4, -0.2) is 39.6 Å². The van der Waals surface area contributed by atoms with Gasteiger partial charge in [-0.25, -0.2) is 0 Å². The lowest BCUT2D eigenvalue weighted by Gasteiger charge is -2.33. The van der Waals surface area contributed by atoms with Crippen LogP contribution in [-0.2, 0) is 13.0 Å². The maximum absolute atomic E-state index is 12.5. The van der Waals surface area contributed by atoms with E-state index in [9.17, 15) is 9.90 Å². The van der Waals surface area contributed by atoms with Crippen molar-refractivity contribution in [2.75, 3.05) is 18.4 Å². The van der Waals surface area contributed by atoms with Crippen LogP contribution in [0.25, 0.3) is 0 Å². The van der Waals surface area contributed by atoms with Crippen LogP contribution in [0.2, 0.25) is 5.02 Å².